The van der Waals surface area contributed by atoms with Gasteiger partial charge >= 0.3 is 0 Å². The molecule has 6 heteroatoms. The van der Waals surface area contributed by atoms with E-state index in [0.29, 0.717) is 31.2 Å². The number of halogens is 1. The van der Waals surface area contributed by atoms with Gasteiger partial charge in [-0.3, -0.25) is 4.79 Å². The second kappa shape index (κ2) is 10.3. The second-order valence-electron chi connectivity index (χ2n) is 6.48. The molecule has 1 amide bonds. The van der Waals surface area contributed by atoms with Gasteiger partial charge in [0.25, 0.3) is 0 Å². The fourth-order valence-electron chi connectivity index (χ4n) is 2.31. The maximum atomic E-state index is 13.7. The van der Waals surface area contributed by atoms with Gasteiger partial charge in [0.1, 0.15) is 5.82 Å². The minimum absolute atomic E-state index is 0.00690. The molecule has 2 aromatic rings. The number of rotatable bonds is 7. The number of benzene rings is 2. The molecule has 0 aromatic heterocycles. The number of anilines is 1. The van der Waals surface area contributed by atoms with Crippen LogP contribution in [0.15, 0.2) is 53.5 Å². The molecule has 0 aliphatic rings. The topological polar surface area (TPSA) is 65.5 Å². The summed E-state index contributed by atoms with van der Waals surface area (Å²) >= 11 is 0. The molecule has 0 heterocycles. The van der Waals surface area contributed by atoms with Gasteiger partial charge in [-0.25, -0.2) is 9.38 Å². The van der Waals surface area contributed by atoms with Crippen LogP contribution in [-0.2, 0) is 17.9 Å². The predicted octanol–water partition coefficient (Wildman–Crippen LogP) is 3.68. The molecule has 0 saturated heterocycles. The average molecular weight is 370 g/mol. The molecule has 0 saturated carbocycles. The van der Waals surface area contributed by atoms with Crippen molar-refractivity contribution in [2.45, 2.75) is 33.9 Å². The molecule has 2 aromatic carbocycles. The Kier molecular flexibility index (Phi) is 7.79. The summed E-state index contributed by atoms with van der Waals surface area (Å²) in [7, 11) is 0. The van der Waals surface area contributed by atoms with E-state index < -0.39 is 0 Å². The fourth-order valence-corrected chi connectivity index (χ4v) is 2.31. The molecule has 0 unspecified atom stereocenters. The molecule has 5 nitrogen and oxygen atoms in total. The Bertz CT molecular complexity index is 772. The summed E-state index contributed by atoms with van der Waals surface area (Å²) < 4.78 is 13.7. The highest BCUT2D eigenvalue weighted by Gasteiger charge is 2.07. The summed E-state index contributed by atoms with van der Waals surface area (Å²) in [6.45, 7) is 7.24. The van der Waals surface area contributed by atoms with Crippen LogP contribution in [0.5, 0.6) is 0 Å². The Hall–Kier alpha value is -2.89. The fraction of sp³-hybridized carbons (Fsp3) is 0.333. The number of hydrogen-bond acceptors (Lipinski definition) is 2. The lowest BCUT2D eigenvalue weighted by Crippen LogP contribution is -2.37. The zero-order valence-electron chi connectivity index (χ0n) is 16.1. The number of nitrogens with zero attached hydrogens (tertiary/aromatic N) is 1. The summed E-state index contributed by atoms with van der Waals surface area (Å²) in [6, 6.07) is 14.3. The maximum Gasteiger partial charge on any atom is 0.226 e. The molecule has 27 heavy (non-hydrogen) atoms. The van der Waals surface area contributed by atoms with Crippen molar-refractivity contribution >= 4 is 17.6 Å². The molecule has 0 aliphatic heterocycles. The molecule has 144 valence electrons. The highest BCUT2D eigenvalue weighted by Crippen LogP contribution is 2.12. The van der Waals surface area contributed by atoms with Crippen molar-refractivity contribution in [3.63, 3.8) is 0 Å². The van der Waals surface area contributed by atoms with E-state index in [2.05, 4.69) is 20.9 Å². The van der Waals surface area contributed by atoms with Crippen molar-refractivity contribution in [1.82, 2.24) is 10.6 Å². The lowest BCUT2D eigenvalue weighted by atomic mass is 10.1. The van der Waals surface area contributed by atoms with Gasteiger partial charge in [0.2, 0.25) is 5.91 Å². The third-order valence-electron chi connectivity index (χ3n) is 3.91. The van der Waals surface area contributed by atoms with Crippen molar-refractivity contribution < 1.29 is 9.18 Å². The Morgan fingerprint density at radius 3 is 2.41 bits per heavy atom. The number of nitrogens with one attached hydrogen (secondary N) is 3. The first kappa shape index (κ1) is 20.4. The quantitative estimate of drug-likeness (QED) is 0.515. The summed E-state index contributed by atoms with van der Waals surface area (Å²) in [4.78, 5) is 16.3. The van der Waals surface area contributed by atoms with Gasteiger partial charge in [0.15, 0.2) is 5.96 Å². The first-order valence-electron chi connectivity index (χ1n) is 9.15. The van der Waals surface area contributed by atoms with E-state index in [0.717, 1.165) is 11.3 Å². The van der Waals surface area contributed by atoms with Gasteiger partial charge in [0.05, 0.1) is 6.54 Å². The molecular formula is C21H27FN4O. The van der Waals surface area contributed by atoms with Crippen LogP contribution in [-0.4, -0.2) is 18.4 Å². The number of hydrogen-bond donors (Lipinski definition) is 3. The van der Waals surface area contributed by atoms with Crippen LogP contribution in [0.25, 0.3) is 0 Å². The Balaban J connectivity index is 1.95. The molecule has 0 radical (unpaired) electrons. The Labute approximate surface area is 160 Å². The molecule has 2 rings (SSSR count). The summed E-state index contributed by atoms with van der Waals surface area (Å²) in [5, 5.41) is 9.15. The van der Waals surface area contributed by atoms with Gasteiger partial charge < -0.3 is 16.0 Å². The lowest BCUT2D eigenvalue weighted by Gasteiger charge is -2.12. The molecule has 0 aliphatic carbocycles. The average Bonchev–Trinajstić information content (AvgIpc) is 2.66. The SMILES string of the molecule is CCNC(=NCc1ccc(NC(=O)C(C)C)cc1)NCc1ccccc1F. The highest BCUT2D eigenvalue weighted by atomic mass is 19.1. The third-order valence-corrected chi connectivity index (χ3v) is 3.91. The molecule has 0 spiro atoms. The Morgan fingerprint density at radius 2 is 1.78 bits per heavy atom. The third kappa shape index (κ3) is 6.73. The van der Waals surface area contributed by atoms with Crippen LogP contribution in [0.1, 0.15) is 31.9 Å². The first-order valence-corrected chi connectivity index (χ1v) is 9.15. The minimum atomic E-state index is -0.236. The van der Waals surface area contributed by atoms with E-state index in [9.17, 15) is 9.18 Å². The van der Waals surface area contributed by atoms with E-state index in [4.69, 9.17) is 0 Å². The molecule has 0 atom stereocenters. The van der Waals surface area contributed by atoms with Crippen molar-refractivity contribution in [3.05, 3.63) is 65.5 Å². The van der Waals surface area contributed by atoms with Crippen molar-refractivity contribution in [2.75, 3.05) is 11.9 Å². The van der Waals surface area contributed by atoms with Gasteiger partial charge in [-0.05, 0) is 30.7 Å². The molecule has 3 N–H and O–H groups in total. The predicted molar refractivity (Wildman–Crippen MR) is 108 cm³/mol. The second-order valence-corrected chi connectivity index (χ2v) is 6.48. The van der Waals surface area contributed by atoms with Crippen LogP contribution >= 0.6 is 0 Å². The number of carbonyl (C=O) groups is 1. The number of guanidine groups is 1. The van der Waals surface area contributed by atoms with Crippen LogP contribution in [0.3, 0.4) is 0 Å². The zero-order valence-corrected chi connectivity index (χ0v) is 16.1. The van der Waals surface area contributed by atoms with Gasteiger partial charge in [0, 0.05) is 30.3 Å². The summed E-state index contributed by atoms with van der Waals surface area (Å²) in [5.41, 5.74) is 2.38. The van der Waals surface area contributed by atoms with Gasteiger partial charge in [-0.15, -0.1) is 0 Å². The van der Waals surface area contributed by atoms with Crippen LogP contribution < -0.4 is 16.0 Å². The van der Waals surface area contributed by atoms with E-state index in [-0.39, 0.29) is 17.6 Å². The number of aliphatic imine (C=N–C) groups is 1. The van der Waals surface area contributed by atoms with E-state index in [1.54, 1.807) is 12.1 Å². The van der Waals surface area contributed by atoms with E-state index in [1.807, 2.05) is 51.1 Å². The largest absolute Gasteiger partial charge is 0.357 e. The lowest BCUT2D eigenvalue weighted by molar-refractivity contribution is -0.118. The van der Waals surface area contributed by atoms with Crippen molar-refractivity contribution in [2.24, 2.45) is 10.9 Å². The standard InChI is InChI=1S/C21H27FN4O/c1-4-23-21(25-14-17-7-5-6-8-19(17)22)24-13-16-9-11-18(12-10-16)26-20(27)15(2)3/h5-12,15H,4,13-14H2,1-3H3,(H,26,27)(H2,23,24,25). The van der Waals surface area contributed by atoms with Crippen LogP contribution in [0, 0.1) is 11.7 Å². The van der Waals surface area contributed by atoms with Crippen LogP contribution in [0.2, 0.25) is 0 Å². The zero-order chi connectivity index (χ0) is 19.6. The normalized spacial score (nSPS) is 11.4. The van der Waals surface area contributed by atoms with Gasteiger partial charge in [-0.1, -0.05) is 44.2 Å². The van der Waals surface area contributed by atoms with E-state index in [1.165, 1.54) is 6.07 Å². The first-order chi connectivity index (χ1) is 13.0. The van der Waals surface area contributed by atoms with Gasteiger partial charge in [-0.2, -0.15) is 0 Å². The Morgan fingerprint density at radius 1 is 1.07 bits per heavy atom. The maximum absolute atomic E-state index is 13.7. The summed E-state index contributed by atoms with van der Waals surface area (Å²) in [5.74, 6) is 0.322. The highest BCUT2D eigenvalue weighted by molar-refractivity contribution is 5.92. The molecule has 0 bridgehead atoms. The molecule has 0 fully saturated rings. The van der Waals surface area contributed by atoms with Crippen LogP contribution in [0.4, 0.5) is 10.1 Å². The molecular weight excluding hydrogens is 343 g/mol. The monoisotopic (exact) mass is 370 g/mol. The van der Waals surface area contributed by atoms with Crippen molar-refractivity contribution in [1.29, 1.82) is 0 Å². The van der Waals surface area contributed by atoms with Crippen molar-refractivity contribution in [3.8, 4) is 0 Å². The van der Waals surface area contributed by atoms with E-state index >= 15 is 0 Å². The minimum Gasteiger partial charge on any atom is -0.357 e. The summed E-state index contributed by atoms with van der Waals surface area (Å²) in [6.07, 6.45) is 0. The number of amides is 1. The smallest absolute Gasteiger partial charge is 0.226 e. The number of carbonyl (C=O) groups excluding carboxylic acids is 1.